The van der Waals surface area contributed by atoms with Crippen molar-refractivity contribution in [1.82, 2.24) is 0 Å². The first kappa shape index (κ1) is 25.4. The van der Waals surface area contributed by atoms with Crippen molar-refractivity contribution in [2.75, 3.05) is 25.1 Å². The number of fused-ring (bicyclic) bond motifs is 1. The quantitative estimate of drug-likeness (QED) is 0.242. The van der Waals surface area contributed by atoms with Crippen LogP contribution in [0.4, 0.5) is 5.69 Å². The first-order chi connectivity index (χ1) is 19.2. The fraction of sp³-hybridized carbons (Fsp3) is 0.314. The molecule has 4 aromatic rings. The first-order valence-corrected chi connectivity index (χ1v) is 14.2. The number of benzene rings is 4. The molecule has 1 fully saturated rings. The Kier molecular flexibility index (Phi) is 6.72. The van der Waals surface area contributed by atoms with Gasteiger partial charge in [-0.3, -0.25) is 0 Å². The number of hydrogen-bond acceptors (Lipinski definition) is 4. The summed E-state index contributed by atoms with van der Waals surface area (Å²) in [4.78, 5) is 0. The van der Waals surface area contributed by atoms with Crippen molar-refractivity contribution >= 4 is 5.69 Å². The molecule has 1 spiro atoms. The van der Waals surface area contributed by atoms with Crippen LogP contribution in [0, 0.1) is 5.41 Å². The minimum atomic E-state index is -0.406. The maximum Gasteiger partial charge on any atom is 0.119 e. The number of ether oxygens (including phenoxy) is 3. The fourth-order valence-corrected chi connectivity index (χ4v) is 6.83. The van der Waals surface area contributed by atoms with Crippen LogP contribution in [0.25, 0.3) is 0 Å². The second-order valence-corrected chi connectivity index (χ2v) is 10.4. The third kappa shape index (κ3) is 4.14. The van der Waals surface area contributed by atoms with E-state index >= 15 is 0 Å². The van der Waals surface area contributed by atoms with Crippen molar-refractivity contribution in [1.29, 1.82) is 0 Å². The predicted octanol–water partition coefficient (Wildman–Crippen LogP) is 8.16. The molecule has 0 aromatic heterocycles. The Balaban J connectivity index is 1.66. The van der Waals surface area contributed by atoms with E-state index in [0.717, 1.165) is 35.8 Å². The van der Waals surface area contributed by atoms with Gasteiger partial charge in [0.25, 0.3) is 0 Å². The van der Waals surface area contributed by atoms with Crippen LogP contribution in [0.15, 0.2) is 97.1 Å². The second kappa shape index (κ2) is 10.3. The lowest BCUT2D eigenvalue weighted by Crippen LogP contribution is -2.48. The maximum atomic E-state index is 6.07. The molecule has 1 N–H and O–H groups in total. The monoisotopic (exact) mass is 519 g/mol. The van der Waals surface area contributed by atoms with E-state index in [9.17, 15) is 0 Å². The summed E-state index contributed by atoms with van der Waals surface area (Å²) in [5.74, 6) is 2.68. The molecule has 1 aliphatic heterocycles. The predicted molar refractivity (Wildman–Crippen MR) is 157 cm³/mol. The second-order valence-electron chi connectivity index (χ2n) is 10.4. The van der Waals surface area contributed by atoms with Crippen LogP contribution >= 0.6 is 0 Å². The summed E-state index contributed by atoms with van der Waals surface area (Å²) in [7, 11) is 0. The van der Waals surface area contributed by atoms with E-state index in [0.29, 0.717) is 19.8 Å². The van der Waals surface area contributed by atoms with Crippen molar-refractivity contribution in [3.05, 3.63) is 119 Å². The van der Waals surface area contributed by atoms with E-state index in [1.165, 1.54) is 22.3 Å². The number of anilines is 1. The molecule has 1 atom stereocenters. The van der Waals surface area contributed by atoms with Gasteiger partial charge in [0, 0.05) is 11.1 Å². The fourth-order valence-electron chi connectivity index (χ4n) is 6.83. The molecule has 0 radical (unpaired) electrons. The lowest BCUT2D eigenvalue weighted by atomic mass is 9.54. The Hall–Kier alpha value is -3.92. The van der Waals surface area contributed by atoms with Gasteiger partial charge in [0.15, 0.2) is 0 Å². The van der Waals surface area contributed by atoms with Gasteiger partial charge in [-0.15, -0.1) is 0 Å². The van der Waals surface area contributed by atoms with E-state index in [2.05, 4.69) is 102 Å². The van der Waals surface area contributed by atoms with Gasteiger partial charge in [-0.1, -0.05) is 54.6 Å². The first-order valence-electron chi connectivity index (χ1n) is 14.2. The lowest BCUT2D eigenvalue weighted by Gasteiger charge is -2.52. The van der Waals surface area contributed by atoms with Crippen LogP contribution in [0.1, 0.15) is 61.9 Å². The van der Waals surface area contributed by atoms with E-state index in [1.54, 1.807) is 0 Å². The highest BCUT2D eigenvalue weighted by Crippen LogP contribution is 2.73. The van der Waals surface area contributed by atoms with Crippen LogP contribution in [0.5, 0.6) is 17.2 Å². The summed E-state index contributed by atoms with van der Waals surface area (Å²) in [6.45, 7) is 8.01. The van der Waals surface area contributed by atoms with E-state index in [1.807, 2.05) is 20.8 Å². The van der Waals surface area contributed by atoms with E-state index < -0.39 is 5.41 Å². The molecule has 0 saturated heterocycles. The zero-order valence-corrected chi connectivity index (χ0v) is 23.1. The smallest absolute Gasteiger partial charge is 0.119 e. The molecular weight excluding hydrogens is 482 g/mol. The largest absolute Gasteiger partial charge is 0.494 e. The summed E-state index contributed by atoms with van der Waals surface area (Å²) >= 11 is 0. The van der Waals surface area contributed by atoms with Crippen LogP contribution < -0.4 is 19.5 Å². The third-order valence-corrected chi connectivity index (χ3v) is 8.42. The summed E-state index contributed by atoms with van der Waals surface area (Å²) in [6.07, 6.45) is 2.22. The molecule has 4 heteroatoms. The molecule has 1 aliphatic carbocycles. The Morgan fingerprint density at radius 3 is 1.67 bits per heavy atom. The topological polar surface area (TPSA) is 39.7 Å². The Labute approximate surface area is 231 Å². The van der Waals surface area contributed by atoms with Crippen LogP contribution in [0.2, 0.25) is 0 Å². The minimum Gasteiger partial charge on any atom is -0.494 e. The number of rotatable bonds is 9. The molecule has 1 unspecified atom stereocenters. The lowest BCUT2D eigenvalue weighted by molar-refractivity contribution is 0.282. The highest BCUT2D eigenvalue weighted by molar-refractivity contribution is 5.71. The van der Waals surface area contributed by atoms with Crippen LogP contribution in [0.3, 0.4) is 0 Å². The highest BCUT2D eigenvalue weighted by Gasteiger charge is 2.68. The zero-order valence-electron chi connectivity index (χ0n) is 23.1. The zero-order chi connectivity index (χ0) is 26.9. The summed E-state index contributed by atoms with van der Waals surface area (Å²) < 4.78 is 17.8. The van der Waals surface area contributed by atoms with Gasteiger partial charge >= 0.3 is 0 Å². The molecule has 1 heterocycles. The molecule has 2 aliphatic rings. The van der Waals surface area contributed by atoms with Gasteiger partial charge in [-0.05, 0) is 98.3 Å². The van der Waals surface area contributed by atoms with Crippen molar-refractivity contribution in [3.63, 3.8) is 0 Å². The third-order valence-electron chi connectivity index (χ3n) is 8.42. The van der Waals surface area contributed by atoms with E-state index in [-0.39, 0.29) is 11.5 Å². The van der Waals surface area contributed by atoms with Crippen molar-refractivity contribution in [3.8, 4) is 17.2 Å². The highest BCUT2D eigenvalue weighted by atomic mass is 16.5. The van der Waals surface area contributed by atoms with Crippen molar-refractivity contribution in [2.24, 2.45) is 5.41 Å². The van der Waals surface area contributed by atoms with Crippen molar-refractivity contribution in [2.45, 2.75) is 45.1 Å². The molecule has 0 bridgehead atoms. The number of hydrogen-bond donors (Lipinski definition) is 1. The molecule has 200 valence electrons. The molecule has 4 nitrogen and oxygen atoms in total. The maximum absolute atomic E-state index is 6.07. The van der Waals surface area contributed by atoms with Gasteiger partial charge in [-0.25, -0.2) is 0 Å². The average molecular weight is 520 g/mol. The van der Waals surface area contributed by atoms with Gasteiger partial charge in [0.1, 0.15) is 17.2 Å². The van der Waals surface area contributed by atoms with Crippen molar-refractivity contribution < 1.29 is 14.2 Å². The Bertz CT molecular complexity index is 1360. The van der Waals surface area contributed by atoms with Gasteiger partial charge < -0.3 is 19.5 Å². The SMILES string of the molecule is CCOc1ccc(C2(c3ccc(OCC)cc3)c3cc(OCC)ccc3NC(c3ccccc3)C23CC3)cc1. The van der Waals surface area contributed by atoms with Crippen LogP contribution in [-0.4, -0.2) is 19.8 Å². The van der Waals surface area contributed by atoms with Crippen LogP contribution in [-0.2, 0) is 5.41 Å². The Morgan fingerprint density at radius 1 is 0.641 bits per heavy atom. The molecule has 39 heavy (non-hydrogen) atoms. The molecule has 6 rings (SSSR count). The Morgan fingerprint density at radius 2 is 1.15 bits per heavy atom. The van der Waals surface area contributed by atoms with Gasteiger partial charge in [0.05, 0.1) is 31.3 Å². The average Bonchev–Trinajstić information content (AvgIpc) is 3.77. The standard InChI is InChI=1S/C35H37NO3/c1-4-37-28-16-12-26(13-17-28)35(27-14-18-29(19-15-27)38-5-2)31-24-30(39-6-3)20-21-32(31)36-33(34(35)22-23-34)25-10-8-7-9-11-25/h7-21,24,33,36H,4-6,22-23H2,1-3H3. The molecule has 0 amide bonds. The van der Waals surface area contributed by atoms with Gasteiger partial charge in [0.2, 0.25) is 0 Å². The normalized spacial score (nSPS) is 18.1. The van der Waals surface area contributed by atoms with E-state index in [4.69, 9.17) is 14.2 Å². The summed E-state index contributed by atoms with van der Waals surface area (Å²) in [5, 5.41) is 3.99. The minimum absolute atomic E-state index is 0.0630. The molecule has 1 saturated carbocycles. The van der Waals surface area contributed by atoms with Gasteiger partial charge in [-0.2, -0.15) is 0 Å². The molecular formula is C35H37NO3. The summed E-state index contributed by atoms with van der Waals surface area (Å²) in [6, 6.07) is 35.2. The number of nitrogens with one attached hydrogen (secondary N) is 1. The summed E-state index contributed by atoms with van der Waals surface area (Å²) in [5.41, 5.74) is 5.79. The molecule has 4 aromatic carbocycles.